The zero-order valence-electron chi connectivity index (χ0n) is 8.32. The van der Waals surface area contributed by atoms with Gasteiger partial charge in [-0.1, -0.05) is 26.4 Å². The minimum Gasteiger partial charge on any atom is -0.323 e. The summed E-state index contributed by atoms with van der Waals surface area (Å²) in [6, 6.07) is 0. The Bertz CT molecular complexity index is 120. The average molecular weight is 177 g/mol. The van der Waals surface area contributed by atoms with Crippen LogP contribution in [-0.2, 0) is 9.36 Å². The van der Waals surface area contributed by atoms with E-state index >= 15 is 0 Å². The molecule has 0 spiro atoms. The Kier molecular flexibility index (Phi) is 3.70. The van der Waals surface area contributed by atoms with Crippen molar-refractivity contribution < 1.29 is 9.36 Å². The van der Waals surface area contributed by atoms with Crippen molar-refractivity contribution in [1.82, 2.24) is 5.64 Å². The molecule has 1 N–H and O–H groups in total. The van der Waals surface area contributed by atoms with Crippen molar-refractivity contribution in [3.63, 3.8) is 0 Å². The van der Waals surface area contributed by atoms with Gasteiger partial charge in [0, 0.05) is 0 Å². The summed E-state index contributed by atoms with van der Waals surface area (Å²) in [6.07, 6.45) is 0. The van der Waals surface area contributed by atoms with E-state index in [-0.39, 0.29) is 5.04 Å². The number of rotatable bonds is 3. The molecule has 0 aromatic heterocycles. The number of hydrogen-bond acceptors (Lipinski definition) is 3. The first-order chi connectivity index (χ1) is 4.81. The van der Waals surface area contributed by atoms with E-state index in [0.29, 0.717) is 0 Å². The number of nitrogens with one attached hydrogen (secondary N) is 1. The summed E-state index contributed by atoms with van der Waals surface area (Å²) in [7, 11) is -0.113. The lowest BCUT2D eigenvalue weighted by Gasteiger charge is -2.34. The minimum atomic E-state index is -1.66. The molecule has 0 atom stereocenters. The van der Waals surface area contributed by atoms with E-state index in [9.17, 15) is 0 Å². The summed E-state index contributed by atoms with van der Waals surface area (Å²) in [6.45, 7) is 10.8. The monoisotopic (exact) mass is 177 g/mol. The van der Waals surface area contributed by atoms with E-state index in [1.807, 2.05) is 0 Å². The molecule has 68 valence electrons. The Hall–Kier alpha value is 0.0969. The second-order valence-electron chi connectivity index (χ2n) is 4.15. The molecule has 0 aliphatic carbocycles. The zero-order valence-corrected chi connectivity index (χ0v) is 9.32. The maximum absolute atomic E-state index is 5.41. The standard InChI is InChI=1S/C7H19NO2Si/c1-7(2,3)11(5,6)10-8-9-4/h8H,1-6H3. The third-order valence-corrected chi connectivity index (χ3v) is 6.39. The van der Waals surface area contributed by atoms with Crippen LogP contribution in [0.2, 0.25) is 18.1 Å². The van der Waals surface area contributed by atoms with Crippen LogP contribution in [0.15, 0.2) is 0 Å². The van der Waals surface area contributed by atoms with Crippen molar-refractivity contribution >= 4 is 8.32 Å². The highest BCUT2D eigenvalue weighted by molar-refractivity contribution is 6.73. The van der Waals surface area contributed by atoms with Gasteiger partial charge in [-0.15, -0.1) is 0 Å². The van der Waals surface area contributed by atoms with Gasteiger partial charge in [-0.2, -0.15) is 0 Å². The maximum atomic E-state index is 5.41. The fraction of sp³-hybridized carbons (Fsp3) is 1.00. The molecule has 0 radical (unpaired) electrons. The van der Waals surface area contributed by atoms with Crippen LogP contribution in [0, 0.1) is 0 Å². The Labute approximate surface area is 70.1 Å². The summed E-state index contributed by atoms with van der Waals surface area (Å²) in [5.41, 5.74) is 2.46. The van der Waals surface area contributed by atoms with Gasteiger partial charge in [0.15, 0.2) is 0 Å². The third-order valence-electron chi connectivity index (χ3n) is 2.19. The van der Waals surface area contributed by atoms with Gasteiger partial charge in [-0.05, 0) is 18.1 Å². The molecule has 0 saturated carbocycles. The molecule has 0 rings (SSSR count). The normalized spacial score (nSPS) is 13.6. The van der Waals surface area contributed by atoms with Crippen molar-refractivity contribution in [2.75, 3.05) is 7.11 Å². The Morgan fingerprint density at radius 2 is 1.64 bits per heavy atom. The van der Waals surface area contributed by atoms with Crippen molar-refractivity contribution in [3.8, 4) is 0 Å². The van der Waals surface area contributed by atoms with Crippen LogP contribution in [0.3, 0.4) is 0 Å². The van der Waals surface area contributed by atoms with Gasteiger partial charge in [0.1, 0.15) is 0 Å². The Morgan fingerprint density at radius 1 is 1.18 bits per heavy atom. The largest absolute Gasteiger partial charge is 0.323 e. The van der Waals surface area contributed by atoms with Crippen LogP contribution >= 0.6 is 0 Å². The van der Waals surface area contributed by atoms with Gasteiger partial charge in [-0.3, -0.25) is 4.84 Å². The second-order valence-corrected chi connectivity index (χ2v) is 8.87. The molecule has 0 aliphatic rings. The van der Waals surface area contributed by atoms with Crippen LogP contribution in [0.25, 0.3) is 0 Å². The zero-order chi connectivity index (χ0) is 9.12. The summed E-state index contributed by atoms with van der Waals surface area (Å²) >= 11 is 0. The van der Waals surface area contributed by atoms with Crippen LogP contribution < -0.4 is 5.64 Å². The Balaban J connectivity index is 4.00. The quantitative estimate of drug-likeness (QED) is 0.529. The first-order valence-corrected chi connectivity index (χ1v) is 6.68. The summed E-state index contributed by atoms with van der Waals surface area (Å²) in [4.78, 5) is 4.64. The van der Waals surface area contributed by atoms with Crippen molar-refractivity contribution in [2.45, 2.75) is 38.9 Å². The van der Waals surface area contributed by atoms with Gasteiger partial charge in [0.25, 0.3) is 0 Å². The fourth-order valence-electron chi connectivity index (χ4n) is 0.299. The van der Waals surface area contributed by atoms with Crippen LogP contribution in [0.5, 0.6) is 0 Å². The van der Waals surface area contributed by atoms with E-state index in [4.69, 9.17) is 4.53 Å². The SMILES string of the molecule is CONO[Si](C)(C)C(C)(C)C. The second kappa shape index (κ2) is 3.67. The third kappa shape index (κ3) is 3.33. The van der Waals surface area contributed by atoms with E-state index in [1.54, 1.807) is 7.11 Å². The lowest BCUT2D eigenvalue weighted by Crippen LogP contribution is -2.44. The minimum absolute atomic E-state index is 0.221. The van der Waals surface area contributed by atoms with Gasteiger partial charge in [0.05, 0.1) is 7.11 Å². The molecular weight excluding hydrogens is 158 g/mol. The first-order valence-electron chi connectivity index (χ1n) is 3.77. The molecule has 0 amide bonds. The van der Waals surface area contributed by atoms with Crippen LogP contribution in [0.4, 0.5) is 0 Å². The fourth-order valence-corrected chi connectivity index (χ4v) is 0.897. The van der Waals surface area contributed by atoms with E-state index in [2.05, 4.69) is 44.3 Å². The van der Waals surface area contributed by atoms with Gasteiger partial charge in [0.2, 0.25) is 8.32 Å². The molecule has 0 aliphatic heterocycles. The van der Waals surface area contributed by atoms with Crippen molar-refractivity contribution in [3.05, 3.63) is 0 Å². The highest BCUT2D eigenvalue weighted by Crippen LogP contribution is 2.35. The average Bonchev–Trinajstić information content (AvgIpc) is 1.81. The number of hydrogen-bond donors (Lipinski definition) is 1. The molecule has 0 aromatic rings. The molecule has 11 heavy (non-hydrogen) atoms. The van der Waals surface area contributed by atoms with E-state index in [1.165, 1.54) is 0 Å². The summed E-state index contributed by atoms with van der Waals surface area (Å²) < 4.78 is 5.41. The molecule has 4 heteroatoms. The van der Waals surface area contributed by atoms with Gasteiger partial charge < -0.3 is 4.53 Å². The van der Waals surface area contributed by atoms with E-state index < -0.39 is 8.32 Å². The highest BCUT2D eigenvalue weighted by atomic mass is 28.4. The van der Waals surface area contributed by atoms with Crippen molar-refractivity contribution in [1.29, 1.82) is 0 Å². The molecule has 0 heterocycles. The van der Waals surface area contributed by atoms with Gasteiger partial charge >= 0.3 is 0 Å². The first kappa shape index (κ1) is 11.1. The molecule has 0 unspecified atom stereocenters. The topological polar surface area (TPSA) is 30.5 Å². The summed E-state index contributed by atoms with van der Waals surface area (Å²) in [5.74, 6) is 0. The maximum Gasteiger partial charge on any atom is 0.223 e. The molecule has 0 aromatic carbocycles. The van der Waals surface area contributed by atoms with Crippen LogP contribution in [-0.4, -0.2) is 15.4 Å². The smallest absolute Gasteiger partial charge is 0.223 e. The molecular formula is C7H19NO2Si. The predicted molar refractivity (Wildman–Crippen MR) is 48.4 cm³/mol. The highest BCUT2D eigenvalue weighted by Gasteiger charge is 2.38. The predicted octanol–water partition coefficient (Wildman–Crippen LogP) is 2.07. The Morgan fingerprint density at radius 3 is 1.91 bits per heavy atom. The lowest BCUT2D eigenvalue weighted by atomic mass is 10.2. The lowest BCUT2D eigenvalue weighted by molar-refractivity contribution is -0.0894. The molecule has 0 bridgehead atoms. The van der Waals surface area contributed by atoms with Crippen molar-refractivity contribution in [2.24, 2.45) is 0 Å². The van der Waals surface area contributed by atoms with Gasteiger partial charge in [-0.25, -0.2) is 0 Å². The van der Waals surface area contributed by atoms with E-state index in [0.717, 1.165) is 0 Å². The molecule has 3 nitrogen and oxygen atoms in total. The summed E-state index contributed by atoms with van der Waals surface area (Å²) in [5, 5.41) is 0.221. The van der Waals surface area contributed by atoms with Crippen LogP contribution in [0.1, 0.15) is 20.8 Å². The molecule has 0 fully saturated rings. The molecule has 0 saturated heterocycles.